The van der Waals surface area contributed by atoms with Gasteiger partial charge in [-0.1, -0.05) is 0 Å². The van der Waals surface area contributed by atoms with Crippen molar-refractivity contribution in [3.63, 3.8) is 0 Å². The Balaban J connectivity index is 2.73. The van der Waals surface area contributed by atoms with Gasteiger partial charge in [0.2, 0.25) is 11.4 Å². The first-order chi connectivity index (χ1) is 9.08. The van der Waals surface area contributed by atoms with Crippen LogP contribution in [0.1, 0.15) is 19.8 Å². The van der Waals surface area contributed by atoms with Crippen molar-refractivity contribution in [2.45, 2.75) is 37.5 Å². The molecule has 0 aliphatic carbocycles. The van der Waals surface area contributed by atoms with E-state index in [1.54, 1.807) is 0 Å². The van der Waals surface area contributed by atoms with Gasteiger partial charge in [0, 0.05) is 6.54 Å². The standard InChI is InChI=1S/C10H14F3N3O4/c1-9(7(18)19,10(11,12)13)16-8(20)15-5-3-2-4-14-6(5)17/h5H,2-4H2,1H3,(H,14,17)(H,18,19)(H2,15,16,20). The molecular weight excluding hydrogens is 283 g/mol. The highest BCUT2D eigenvalue weighted by Gasteiger charge is 2.58. The van der Waals surface area contributed by atoms with Crippen LogP contribution in [0.15, 0.2) is 0 Å². The van der Waals surface area contributed by atoms with Crippen LogP contribution in [0.2, 0.25) is 0 Å². The van der Waals surface area contributed by atoms with Crippen LogP contribution in [-0.2, 0) is 9.59 Å². The topological polar surface area (TPSA) is 108 Å². The number of piperidine rings is 1. The van der Waals surface area contributed by atoms with Gasteiger partial charge in [-0.3, -0.25) is 4.79 Å². The van der Waals surface area contributed by atoms with Crippen LogP contribution in [0, 0.1) is 0 Å². The first-order valence-corrected chi connectivity index (χ1v) is 5.74. The molecule has 114 valence electrons. The second-order valence-corrected chi connectivity index (χ2v) is 4.51. The van der Waals surface area contributed by atoms with Gasteiger partial charge in [0.05, 0.1) is 0 Å². The number of hydrogen-bond donors (Lipinski definition) is 4. The van der Waals surface area contributed by atoms with E-state index >= 15 is 0 Å². The molecule has 1 fully saturated rings. The van der Waals surface area contributed by atoms with Gasteiger partial charge in [0.1, 0.15) is 6.04 Å². The molecule has 0 spiro atoms. The Morgan fingerprint density at radius 3 is 2.45 bits per heavy atom. The Labute approximate surface area is 111 Å². The molecule has 1 saturated heterocycles. The second-order valence-electron chi connectivity index (χ2n) is 4.51. The smallest absolute Gasteiger partial charge is 0.422 e. The summed E-state index contributed by atoms with van der Waals surface area (Å²) in [5.41, 5.74) is -3.43. The van der Waals surface area contributed by atoms with Gasteiger partial charge in [0.25, 0.3) is 0 Å². The number of urea groups is 1. The van der Waals surface area contributed by atoms with Gasteiger partial charge < -0.3 is 21.1 Å². The van der Waals surface area contributed by atoms with Crippen molar-refractivity contribution in [1.82, 2.24) is 16.0 Å². The lowest BCUT2D eigenvalue weighted by Gasteiger charge is -2.30. The molecule has 0 aromatic heterocycles. The van der Waals surface area contributed by atoms with E-state index in [4.69, 9.17) is 5.11 Å². The van der Waals surface area contributed by atoms with Crippen LogP contribution >= 0.6 is 0 Å². The molecule has 2 unspecified atom stereocenters. The molecule has 20 heavy (non-hydrogen) atoms. The summed E-state index contributed by atoms with van der Waals surface area (Å²) in [4.78, 5) is 33.5. The van der Waals surface area contributed by atoms with Crippen LogP contribution in [0.3, 0.4) is 0 Å². The molecule has 2 atom stereocenters. The fourth-order valence-corrected chi connectivity index (χ4v) is 1.58. The molecule has 0 radical (unpaired) electrons. The molecule has 1 aliphatic rings. The van der Waals surface area contributed by atoms with E-state index in [0.717, 1.165) is 0 Å². The van der Waals surface area contributed by atoms with Crippen molar-refractivity contribution in [3.05, 3.63) is 0 Å². The van der Waals surface area contributed by atoms with Crippen molar-refractivity contribution in [1.29, 1.82) is 0 Å². The maximum Gasteiger partial charge on any atom is 0.422 e. The highest BCUT2D eigenvalue weighted by atomic mass is 19.4. The average Bonchev–Trinajstić information content (AvgIpc) is 2.30. The second kappa shape index (κ2) is 5.55. The number of carboxylic acid groups (broad SMARTS) is 1. The lowest BCUT2D eigenvalue weighted by molar-refractivity contribution is -0.203. The zero-order valence-corrected chi connectivity index (χ0v) is 10.5. The summed E-state index contributed by atoms with van der Waals surface area (Å²) >= 11 is 0. The van der Waals surface area contributed by atoms with Crippen molar-refractivity contribution in [3.8, 4) is 0 Å². The van der Waals surface area contributed by atoms with E-state index in [-0.39, 0.29) is 6.42 Å². The zero-order valence-electron chi connectivity index (χ0n) is 10.5. The molecular formula is C10H14F3N3O4. The third kappa shape index (κ3) is 3.31. The lowest BCUT2D eigenvalue weighted by atomic mass is 10.0. The number of alkyl halides is 3. The maximum absolute atomic E-state index is 12.7. The molecule has 7 nitrogen and oxygen atoms in total. The maximum atomic E-state index is 12.7. The fraction of sp³-hybridized carbons (Fsp3) is 0.700. The van der Waals surface area contributed by atoms with Gasteiger partial charge in [-0.2, -0.15) is 13.2 Å². The Morgan fingerprint density at radius 2 is 2.00 bits per heavy atom. The zero-order chi connectivity index (χ0) is 15.6. The van der Waals surface area contributed by atoms with Gasteiger partial charge in [0.15, 0.2) is 0 Å². The van der Waals surface area contributed by atoms with Crippen LogP contribution < -0.4 is 16.0 Å². The van der Waals surface area contributed by atoms with Crippen molar-refractivity contribution >= 4 is 17.9 Å². The van der Waals surface area contributed by atoms with Crippen molar-refractivity contribution in [2.24, 2.45) is 0 Å². The average molecular weight is 297 g/mol. The number of carbonyl (C=O) groups is 3. The number of hydrogen-bond acceptors (Lipinski definition) is 3. The third-order valence-electron chi connectivity index (χ3n) is 2.95. The lowest BCUT2D eigenvalue weighted by Crippen LogP contribution is -2.65. The van der Waals surface area contributed by atoms with Gasteiger partial charge >= 0.3 is 18.2 Å². The molecule has 4 N–H and O–H groups in total. The highest BCUT2D eigenvalue weighted by molar-refractivity contribution is 5.90. The normalized spacial score (nSPS) is 22.4. The van der Waals surface area contributed by atoms with Gasteiger partial charge in [-0.25, -0.2) is 9.59 Å². The number of nitrogens with one attached hydrogen (secondary N) is 3. The molecule has 0 aromatic rings. The van der Waals surface area contributed by atoms with E-state index in [2.05, 4.69) is 5.32 Å². The summed E-state index contributed by atoms with van der Waals surface area (Å²) in [7, 11) is 0. The Kier molecular flexibility index (Phi) is 4.46. The van der Waals surface area contributed by atoms with Crippen molar-refractivity contribution < 1.29 is 32.7 Å². The number of rotatable bonds is 3. The van der Waals surface area contributed by atoms with E-state index < -0.39 is 35.7 Å². The molecule has 0 bridgehead atoms. The molecule has 10 heteroatoms. The van der Waals surface area contributed by atoms with E-state index in [0.29, 0.717) is 19.9 Å². The van der Waals surface area contributed by atoms with Crippen LogP contribution in [0.25, 0.3) is 0 Å². The number of halogens is 3. The number of carboxylic acids is 1. The summed E-state index contributed by atoms with van der Waals surface area (Å²) < 4.78 is 38.0. The Bertz CT molecular complexity index is 426. The number of carbonyl (C=O) groups excluding carboxylic acids is 2. The summed E-state index contributed by atoms with van der Waals surface area (Å²) in [6.07, 6.45) is -4.34. The predicted molar refractivity (Wildman–Crippen MR) is 59.8 cm³/mol. The highest BCUT2D eigenvalue weighted by Crippen LogP contribution is 2.30. The quantitative estimate of drug-likeness (QED) is 0.586. The summed E-state index contributed by atoms with van der Waals surface area (Å²) in [6, 6.07) is -2.34. The summed E-state index contributed by atoms with van der Waals surface area (Å²) in [5.74, 6) is -2.76. The minimum atomic E-state index is -5.18. The fourth-order valence-electron chi connectivity index (χ4n) is 1.58. The van der Waals surface area contributed by atoms with Gasteiger partial charge in [-0.15, -0.1) is 0 Å². The summed E-state index contributed by atoms with van der Waals surface area (Å²) in [6.45, 7) is 0.754. The Morgan fingerprint density at radius 1 is 1.40 bits per heavy atom. The van der Waals surface area contributed by atoms with Gasteiger partial charge in [-0.05, 0) is 19.8 Å². The minimum Gasteiger partial charge on any atom is -0.479 e. The molecule has 0 aromatic carbocycles. The monoisotopic (exact) mass is 297 g/mol. The molecule has 1 rings (SSSR count). The number of amides is 3. The van der Waals surface area contributed by atoms with Crippen LogP contribution in [-0.4, -0.2) is 47.3 Å². The first-order valence-electron chi connectivity index (χ1n) is 5.74. The minimum absolute atomic E-state index is 0.273. The molecule has 1 heterocycles. The van der Waals surface area contributed by atoms with E-state index in [9.17, 15) is 27.6 Å². The third-order valence-corrected chi connectivity index (χ3v) is 2.95. The van der Waals surface area contributed by atoms with E-state index in [1.165, 1.54) is 5.32 Å². The van der Waals surface area contributed by atoms with Crippen molar-refractivity contribution in [2.75, 3.05) is 6.54 Å². The first kappa shape index (κ1) is 16.1. The number of aliphatic carboxylic acids is 1. The van der Waals surface area contributed by atoms with Crippen LogP contribution in [0.5, 0.6) is 0 Å². The van der Waals surface area contributed by atoms with E-state index in [1.807, 2.05) is 5.32 Å². The Hall–Kier alpha value is -2.00. The molecule has 0 saturated carbocycles. The molecule has 3 amide bonds. The molecule has 1 aliphatic heterocycles. The predicted octanol–water partition coefficient (Wildman–Crippen LogP) is -0.0302. The largest absolute Gasteiger partial charge is 0.479 e. The summed E-state index contributed by atoms with van der Waals surface area (Å²) in [5, 5.41) is 14.4. The SMILES string of the molecule is CC(NC(=O)NC1CCCNC1=O)(C(=O)O)C(F)(F)F. The van der Waals surface area contributed by atoms with Crippen LogP contribution in [0.4, 0.5) is 18.0 Å².